The van der Waals surface area contributed by atoms with E-state index in [-0.39, 0.29) is 22.2 Å². The van der Waals surface area contributed by atoms with E-state index in [9.17, 15) is 19.2 Å². The summed E-state index contributed by atoms with van der Waals surface area (Å²) in [7, 11) is 0. The molecule has 0 radical (unpaired) electrons. The zero-order valence-corrected chi connectivity index (χ0v) is 46.7. The largest absolute Gasteiger partial charge is 0.344 e. The highest BCUT2D eigenvalue weighted by Crippen LogP contribution is 2.53. The molecule has 0 unspecified atom stereocenters. The molecule has 0 fully saturated rings. The molecule has 400 valence electrons. The second-order valence-corrected chi connectivity index (χ2v) is 22.2. The van der Waals surface area contributed by atoms with Crippen molar-refractivity contribution in [2.24, 2.45) is 0 Å². The van der Waals surface area contributed by atoms with E-state index >= 15 is 0 Å². The van der Waals surface area contributed by atoms with E-state index in [0.29, 0.717) is 23.7 Å². The molecule has 0 aromatic carbocycles. The van der Waals surface area contributed by atoms with Crippen molar-refractivity contribution >= 4 is 43.6 Å². The number of hydrogen-bond acceptors (Lipinski definition) is 6. The second kappa shape index (κ2) is 22.3. The van der Waals surface area contributed by atoms with E-state index in [4.69, 9.17) is 10.5 Å². The molecule has 76 heavy (non-hydrogen) atoms. The van der Waals surface area contributed by atoms with Crippen molar-refractivity contribution in [2.75, 3.05) is 0 Å². The second-order valence-electron chi connectivity index (χ2n) is 22.2. The summed E-state index contributed by atoms with van der Waals surface area (Å²) in [4.78, 5) is 65.2. The number of rotatable bonds is 12. The van der Waals surface area contributed by atoms with E-state index in [0.717, 1.165) is 182 Å². The Morgan fingerprint density at radius 2 is 0.618 bits per heavy atom. The molecule has 14 nitrogen and oxygen atoms in total. The van der Waals surface area contributed by atoms with Crippen LogP contribution in [0.5, 0.6) is 0 Å². The minimum Gasteiger partial charge on any atom is -0.344 e. The Bertz CT molecular complexity index is 3360. The minimum atomic E-state index is 0.0466. The standard InChI is InChI=1S/2C29H36N4O2.2C2H3N/c2*1-5-7-9-32-22-11-16(3)30-28(34)24(22)20-15-19-13-18(26(20)32)14-21-25-23(12-17(4)31-29(25)35)33(27(19)21)10-8-6-2;2*1-2-3/h2*11-12,18-19H,5-10,13-15H2,1-4H3,(H,30,34)(H,31,35);2*1H3/t2*18-,19-;;/m11../s1. The zero-order chi connectivity index (χ0) is 54.3. The number of aromatic amines is 4. The van der Waals surface area contributed by atoms with Crippen LogP contribution in [-0.4, -0.2) is 38.2 Å². The van der Waals surface area contributed by atoms with Gasteiger partial charge in [0.2, 0.25) is 0 Å². The molecule has 0 saturated carbocycles. The van der Waals surface area contributed by atoms with Crippen LogP contribution in [0, 0.1) is 50.4 Å². The summed E-state index contributed by atoms with van der Waals surface area (Å²) in [6.45, 7) is 23.4. The number of aromatic nitrogens is 8. The fraction of sp³-hybridized carbons (Fsp3) is 0.516. The summed E-state index contributed by atoms with van der Waals surface area (Å²) in [5.74, 6) is 1.36. The third-order valence-corrected chi connectivity index (χ3v) is 16.8. The SMILES string of the molecule is CC#N.CC#N.CCCCn1c2c(c3c(=O)[nH]c(C)cc31)C[C@H]1C[C@@H]2Cc2c1n(CCCC)c1cc(C)[nH]c(=O)c21.CCCCn1c2c(c3c(=O)[nH]c(C)cc31)C[C@H]1C[C@@H]2Cc2c1n(CCCC)c1cc(C)[nH]c(=O)c21. The molecule has 0 saturated heterocycles. The zero-order valence-electron chi connectivity index (χ0n) is 46.7. The third-order valence-electron chi connectivity index (χ3n) is 16.8. The van der Waals surface area contributed by atoms with Crippen LogP contribution >= 0.6 is 0 Å². The molecule has 4 aliphatic rings. The molecule has 8 aromatic rings. The number of hydrogen-bond donors (Lipinski definition) is 4. The lowest BCUT2D eigenvalue weighted by Crippen LogP contribution is -2.28. The van der Waals surface area contributed by atoms with Crippen LogP contribution in [0.4, 0.5) is 0 Å². The molecule has 0 aliphatic heterocycles. The molecule has 8 aromatic heterocycles. The molecule has 4 N–H and O–H groups in total. The van der Waals surface area contributed by atoms with Gasteiger partial charge < -0.3 is 38.2 Å². The molecule has 0 spiro atoms. The molecule has 14 heteroatoms. The number of nitrogens with zero attached hydrogens (tertiary/aromatic N) is 6. The normalized spacial score (nSPS) is 17.6. The Morgan fingerprint density at radius 3 is 0.803 bits per heavy atom. The van der Waals surface area contributed by atoms with Crippen LogP contribution in [0.15, 0.2) is 43.4 Å². The lowest BCUT2D eigenvalue weighted by Gasteiger charge is -2.37. The molecular formula is C62H78N10O4. The van der Waals surface area contributed by atoms with Crippen LogP contribution < -0.4 is 22.2 Å². The maximum absolute atomic E-state index is 13.2. The Morgan fingerprint density at radius 1 is 0.421 bits per heavy atom. The van der Waals surface area contributed by atoms with Gasteiger partial charge >= 0.3 is 0 Å². The van der Waals surface area contributed by atoms with Crippen molar-refractivity contribution in [2.45, 2.75) is 209 Å². The van der Waals surface area contributed by atoms with Crippen LogP contribution in [0.3, 0.4) is 0 Å². The van der Waals surface area contributed by atoms with Crippen molar-refractivity contribution in [3.63, 3.8) is 0 Å². The van der Waals surface area contributed by atoms with Gasteiger partial charge in [0, 0.05) is 109 Å². The fourth-order valence-electron chi connectivity index (χ4n) is 14.1. The topological polar surface area (TPSA) is 199 Å². The predicted molar refractivity (Wildman–Crippen MR) is 306 cm³/mol. The van der Waals surface area contributed by atoms with Crippen molar-refractivity contribution in [1.82, 2.24) is 38.2 Å². The molecule has 4 bridgehead atoms. The van der Waals surface area contributed by atoms with Gasteiger partial charge in [-0.2, -0.15) is 10.5 Å². The number of unbranched alkanes of at least 4 members (excludes halogenated alkanes) is 4. The van der Waals surface area contributed by atoms with Gasteiger partial charge in [0.25, 0.3) is 22.2 Å². The number of nitriles is 2. The summed E-state index contributed by atoms with van der Waals surface area (Å²) in [5, 5.41) is 18.2. The van der Waals surface area contributed by atoms with Gasteiger partial charge in [-0.3, -0.25) is 19.2 Å². The Hall–Kier alpha value is -7.06. The molecular weight excluding hydrogens is 949 g/mol. The van der Waals surface area contributed by atoms with Gasteiger partial charge in [0.05, 0.1) is 55.8 Å². The summed E-state index contributed by atoms with van der Waals surface area (Å²) >= 11 is 0. The smallest absolute Gasteiger partial charge is 0.257 e. The van der Waals surface area contributed by atoms with Crippen LogP contribution in [0.25, 0.3) is 43.6 Å². The molecule has 8 heterocycles. The molecule has 4 atom stereocenters. The average molecular weight is 1030 g/mol. The number of nitrogens with one attached hydrogen (secondary N) is 4. The Balaban J connectivity index is 0.000000169. The Labute approximate surface area is 445 Å². The average Bonchev–Trinajstić information content (AvgIpc) is 4.16. The maximum atomic E-state index is 13.2. The highest BCUT2D eigenvalue weighted by atomic mass is 16.1. The van der Waals surface area contributed by atoms with Gasteiger partial charge in [0.15, 0.2) is 0 Å². The molecule has 12 rings (SSSR count). The van der Waals surface area contributed by atoms with E-state index in [1.54, 1.807) is 12.1 Å². The lowest BCUT2D eigenvalue weighted by molar-refractivity contribution is 0.413. The first-order valence-corrected chi connectivity index (χ1v) is 28.3. The first kappa shape index (κ1) is 53.8. The van der Waals surface area contributed by atoms with E-state index in [1.807, 2.05) is 27.7 Å². The van der Waals surface area contributed by atoms with Gasteiger partial charge in [-0.1, -0.05) is 53.4 Å². The first-order valence-electron chi connectivity index (χ1n) is 28.3. The van der Waals surface area contributed by atoms with Crippen molar-refractivity contribution < 1.29 is 0 Å². The number of fused-ring (bicyclic) bond motifs is 20. The van der Waals surface area contributed by atoms with Gasteiger partial charge in [0.1, 0.15) is 0 Å². The van der Waals surface area contributed by atoms with Crippen molar-refractivity contribution in [3.8, 4) is 12.1 Å². The first-order chi connectivity index (χ1) is 36.7. The van der Waals surface area contributed by atoms with Crippen molar-refractivity contribution in [1.29, 1.82) is 10.5 Å². The highest BCUT2D eigenvalue weighted by molar-refractivity contribution is 5.90. The molecule has 0 amide bonds. The lowest BCUT2D eigenvalue weighted by atomic mass is 9.70. The summed E-state index contributed by atoms with van der Waals surface area (Å²) in [6, 6.07) is 12.1. The minimum absolute atomic E-state index is 0.0466. The van der Waals surface area contributed by atoms with Crippen LogP contribution in [0.1, 0.15) is 197 Å². The maximum Gasteiger partial charge on any atom is 0.257 e. The highest BCUT2D eigenvalue weighted by Gasteiger charge is 2.43. The van der Waals surface area contributed by atoms with Crippen LogP contribution in [0.2, 0.25) is 0 Å². The van der Waals surface area contributed by atoms with E-state index in [2.05, 4.69) is 90.2 Å². The summed E-state index contributed by atoms with van der Waals surface area (Å²) < 4.78 is 9.81. The predicted octanol–water partition coefficient (Wildman–Crippen LogP) is 12.2. The van der Waals surface area contributed by atoms with E-state index < -0.39 is 0 Å². The summed E-state index contributed by atoms with van der Waals surface area (Å²) in [5.41, 5.74) is 18.6. The summed E-state index contributed by atoms with van der Waals surface area (Å²) in [6.07, 6.45) is 14.6. The monoisotopic (exact) mass is 1030 g/mol. The molecule has 4 aliphatic carbocycles. The fourth-order valence-corrected chi connectivity index (χ4v) is 14.1. The quantitative estimate of drug-likeness (QED) is 0.0938. The number of H-pyrrole nitrogens is 4. The Kier molecular flexibility index (Phi) is 15.7. The van der Waals surface area contributed by atoms with Crippen LogP contribution in [-0.2, 0) is 51.9 Å². The van der Waals surface area contributed by atoms with E-state index in [1.165, 1.54) is 58.9 Å². The number of aryl methyl sites for hydroxylation is 8. The van der Waals surface area contributed by atoms with Gasteiger partial charge in [-0.15, -0.1) is 0 Å². The number of pyridine rings is 4. The van der Waals surface area contributed by atoms with Crippen molar-refractivity contribution in [3.05, 3.63) is 133 Å². The van der Waals surface area contributed by atoms with Gasteiger partial charge in [-0.25, -0.2) is 0 Å². The third kappa shape index (κ3) is 9.30. The van der Waals surface area contributed by atoms with Gasteiger partial charge in [-0.05, 0) is 138 Å².